The molecule has 246 valence electrons. The van der Waals surface area contributed by atoms with Crippen LogP contribution in [-0.4, -0.2) is 73.7 Å². The van der Waals surface area contributed by atoms with Gasteiger partial charge in [0, 0.05) is 68.5 Å². The van der Waals surface area contributed by atoms with Crippen molar-refractivity contribution in [3.8, 4) is 28.0 Å². The molecule has 0 fully saturated rings. The number of carbonyl (C=O) groups is 1. The van der Waals surface area contributed by atoms with E-state index >= 15 is 4.39 Å². The number of aryl methyl sites for hydroxylation is 1. The van der Waals surface area contributed by atoms with Crippen LogP contribution in [-0.2, 0) is 4.79 Å². The first-order chi connectivity index (χ1) is 21.5. The van der Waals surface area contributed by atoms with E-state index in [0.717, 1.165) is 50.3 Å². The maximum atomic E-state index is 15.0. The van der Waals surface area contributed by atoms with Gasteiger partial charge in [-0.1, -0.05) is 38.4 Å². The highest BCUT2D eigenvalue weighted by Gasteiger charge is 2.18. The highest BCUT2D eigenvalue weighted by atomic mass is 35.5. The molecule has 1 heterocycles. The maximum Gasteiger partial charge on any atom is 0.218 e. The Morgan fingerprint density at radius 1 is 1.02 bits per heavy atom. The summed E-state index contributed by atoms with van der Waals surface area (Å²) in [6.45, 7) is 11.1. The molecule has 2 aromatic carbocycles. The van der Waals surface area contributed by atoms with Gasteiger partial charge in [-0.3, -0.25) is 14.7 Å². The first-order valence-electron chi connectivity index (χ1n) is 15.2. The van der Waals surface area contributed by atoms with Gasteiger partial charge in [0.25, 0.3) is 0 Å². The molecule has 0 saturated heterocycles. The van der Waals surface area contributed by atoms with Gasteiger partial charge in [-0.2, -0.15) is 11.8 Å². The number of halogens is 2. The lowest BCUT2D eigenvalue weighted by atomic mass is 9.97. The summed E-state index contributed by atoms with van der Waals surface area (Å²) in [4.78, 5) is 21.8. The molecule has 0 spiro atoms. The predicted molar refractivity (Wildman–Crippen MR) is 192 cm³/mol. The summed E-state index contributed by atoms with van der Waals surface area (Å²) in [5.74, 6) is -0.565. The number of pyridine rings is 1. The second kappa shape index (κ2) is 19.3. The van der Waals surface area contributed by atoms with Gasteiger partial charge < -0.3 is 20.2 Å². The second-order valence-electron chi connectivity index (χ2n) is 11.3. The smallest absolute Gasteiger partial charge is 0.218 e. The lowest BCUT2D eigenvalue weighted by Gasteiger charge is -2.26. The number of rotatable bonds is 15. The predicted octanol–water partition coefficient (Wildman–Crippen LogP) is 8.19. The van der Waals surface area contributed by atoms with Crippen molar-refractivity contribution in [3.63, 3.8) is 0 Å². The number of hydrogen-bond donors (Lipinski definition) is 2. The van der Waals surface area contributed by atoms with Crippen LogP contribution in [0.2, 0.25) is 5.02 Å². The first kappa shape index (κ1) is 37.9. The highest BCUT2D eigenvalue weighted by Crippen LogP contribution is 2.42. The molecule has 3 aromatic rings. The average molecular weight is 658 g/mol. The van der Waals surface area contributed by atoms with Crippen LogP contribution in [0.15, 0.2) is 55.0 Å². The topological polar surface area (TPSA) is 71.9 Å². The zero-order valence-electron chi connectivity index (χ0n) is 27.9. The van der Waals surface area contributed by atoms with E-state index in [-0.39, 0.29) is 10.8 Å². The van der Waals surface area contributed by atoms with E-state index in [2.05, 4.69) is 36.0 Å². The minimum atomic E-state index is -0.494. The number of phenols is 1. The minimum absolute atomic E-state index is 0.0710. The lowest BCUT2D eigenvalue weighted by molar-refractivity contribution is -0.107. The maximum absolute atomic E-state index is 15.0. The molecule has 0 unspecified atom stereocenters. The number of thioether (sulfide) groups is 1. The molecule has 0 bridgehead atoms. The zero-order chi connectivity index (χ0) is 33.5. The Bertz CT molecular complexity index is 1400. The Kier molecular flexibility index (Phi) is 16.3. The summed E-state index contributed by atoms with van der Waals surface area (Å²) in [5, 5.41) is 15.1. The zero-order valence-corrected chi connectivity index (χ0v) is 29.5. The molecular weight excluding hydrogens is 609 g/mol. The van der Waals surface area contributed by atoms with E-state index < -0.39 is 5.82 Å². The van der Waals surface area contributed by atoms with Crippen molar-refractivity contribution < 1.29 is 14.3 Å². The SMILES string of the molecule is CCCN(CCCCNC(C)C)c1cc(-c2cc(F)cc(-c3ccc(N(C=O)/C=C\N(C)C)c(Cl)c3)c2O)cnc1C.CSC. The van der Waals surface area contributed by atoms with Gasteiger partial charge in [-0.25, -0.2) is 4.39 Å². The molecule has 2 N–H and O–H groups in total. The van der Waals surface area contributed by atoms with E-state index in [1.54, 1.807) is 53.5 Å². The molecule has 0 aliphatic carbocycles. The van der Waals surface area contributed by atoms with Gasteiger partial charge in [0.1, 0.15) is 11.6 Å². The summed E-state index contributed by atoms with van der Waals surface area (Å²) in [6, 6.07) is 10.0. The first-order valence-corrected chi connectivity index (χ1v) is 17.2. The van der Waals surface area contributed by atoms with Crippen molar-refractivity contribution in [1.82, 2.24) is 15.2 Å². The third-order valence-electron chi connectivity index (χ3n) is 6.86. The second-order valence-corrected chi connectivity index (χ2v) is 12.6. The quantitative estimate of drug-likeness (QED) is 0.126. The molecule has 7 nitrogen and oxygen atoms in total. The largest absolute Gasteiger partial charge is 0.507 e. The number of carbonyl (C=O) groups excluding carboxylic acids is 1. The van der Waals surface area contributed by atoms with Crippen molar-refractivity contribution in [2.75, 3.05) is 56.0 Å². The molecule has 3 rings (SSSR count). The molecular formula is C35H49ClFN5O2S. The Morgan fingerprint density at radius 3 is 2.27 bits per heavy atom. The van der Waals surface area contributed by atoms with Crippen LogP contribution in [0.25, 0.3) is 22.3 Å². The van der Waals surface area contributed by atoms with Crippen LogP contribution in [0, 0.1) is 12.7 Å². The molecule has 1 amide bonds. The average Bonchev–Trinajstić information content (AvgIpc) is 2.99. The number of hydrogen-bond acceptors (Lipinski definition) is 7. The lowest BCUT2D eigenvalue weighted by Crippen LogP contribution is -2.28. The third-order valence-corrected chi connectivity index (χ3v) is 7.17. The van der Waals surface area contributed by atoms with Gasteiger partial charge in [-0.15, -0.1) is 0 Å². The fraction of sp³-hybridized carbons (Fsp3) is 0.429. The molecule has 0 radical (unpaired) electrons. The number of benzene rings is 2. The fourth-order valence-corrected chi connectivity index (χ4v) is 5.01. The number of aromatic hydroxyl groups is 1. The number of aromatic nitrogens is 1. The Morgan fingerprint density at radius 2 is 1.69 bits per heavy atom. The van der Waals surface area contributed by atoms with Gasteiger partial charge in [0.15, 0.2) is 0 Å². The molecule has 0 aliphatic heterocycles. The molecule has 0 saturated carbocycles. The summed E-state index contributed by atoms with van der Waals surface area (Å²) in [7, 11) is 3.68. The van der Waals surface area contributed by atoms with Crippen molar-refractivity contribution in [3.05, 3.63) is 71.5 Å². The van der Waals surface area contributed by atoms with E-state index in [9.17, 15) is 9.90 Å². The van der Waals surface area contributed by atoms with Crippen molar-refractivity contribution in [1.29, 1.82) is 0 Å². The minimum Gasteiger partial charge on any atom is -0.507 e. The highest BCUT2D eigenvalue weighted by molar-refractivity contribution is 7.97. The Hall–Kier alpha value is -3.27. The summed E-state index contributed by atoms with van der Waals surface area (Å²) < 4.78 is 15.0. The number of amides is 1. The fourth-order valence-electron chi connectivity index (χ4n) is 4.73. The van der Waals surface area contributed by atoms with E-state index in [1.165, 1.54) is 17.0 Å². The molecule has 10 heteroatoms. The number of anilines is 2. The van der Waals surface area contributed by atoms with Crippen LogP contribution in [0.1, 0.15) is 45.7 Å². The van der Waals surface area contributed by atoms with Crippen LogP contribution in [0.3, 0.4) is 0 Å². The monoisotopic (exact) mass is 657 g/mol. The molecule has 45 heavy (non-hydrogen) atoms. The Labute approximate surface area is 278 Å². The van der Waals surface area contributed by atoms with Crippen molar-refractivity contribution in [2.45, 2.75) is 53.0 Å². The van der Waals surface area contributed by atoms with Crippen LogP contribution in [0.4, 0.5) is 15.8 Å². The van der Waals surface area contributed by atoms with Gasteiger partial charge in [0.2, 0.25) is 6.41 Å². The number of nitrogens with zero attached hydrogens (tertiary/aromatic N) is 4. The third kappa shape index (κ3) is 11.6. The molecule has 0 aliphatic rings. The van der Waals surface area contributed by atoms with E-state index in [0.29, 0.717) is 40.4 Å². The molecule has 0 atom stereocenters. The van der Waals surface area contributed by atoms with E-state index in [1.807, 2.05) is 39.6 Å². The standard InChI is InChI=1S/C33H43ClFN5O2.C2H6S/c1-7-13-39(14-9-8-12-36-23(2)3)32-18-26(21-37-24(32)4)29-20-27(35)19-28(33(29)42)25-10-11-31(30(34)17-25)40(22-41)16-15-38(5)6;1-3-2/h10-11,15-23,36,42H,7-9,12-14H2,1-6H3;1-2H3/b16-15-;. The van der Waals surface area contributed by atoms with Gasteiger partial charge in [0.05, 0.1) is 22.1 Å². The van der Waals surface area contributed by atoms with Crippen molar-refractivity contribution >= 4 is 41.1 Å². The van der Waals surface area contributed by atoms with Crippen LogP contribution in [0.5, 0.6) is 5.75 Å². The van der Waals surface area contributed by atoms with Gasteiger partial charge in [-0.05, 0) is 81.1 Å². The van der Waals surface area contributed by atoms with Gasteiger partial charge >= 0.3 is 0 Å². The number of nitrogens with one attached hydrogen (secondary N) is 1. The number of unbranched alkanes of at least 4 members (excludes halogenated alkanes) is 1. The molecule has 1 aromatic heterocycles. The number of phenolic OH excluding ortho intramolecular Hbond substituents is 1. The normalized spacial score (nSPS) is 11.0. The van der Waals surface area contributed by atoms with E-state index in [4.69, 9.17) is 11.6 Å². The van der Waals surface area contributed by atoms with Crippen LogP contribution < -0.4 is 15.1 Å². The summed E-state index contributed by atoms with van der Waals surface area (Å²) in [6.07, 6.45) is 12.8. The Balaban J connectivity index is 0.00000226. The summed E-state index contributed by atoms with van der Waals surface area (Å²) >= 11 is 8.30. The summed E-state index contributed by atoms with van der Waals surface area (Å²) in [5.41, 5.74) is 4.11. The van der Waals surface area contributed by atoms with Crippen molar-refractivity contribution in [2.24, 2.45) is 0 Å². The van der Waals surface area contributed by atoms with Crippen LogP contribution >= 0.6 is 23.4 Å².